The summed E-state index contributed by atoms with van der Waals surface area (Å²) in [4.78, 5) is 31.7. The van der Waals surface area contributed by atoms with E-state index in [0.717, 1.165) is 24.6 Å². The van der Waals surface area contributed by atoms with E-state index in [4.69, 9.17) is 0 Å². The van der Waals surface area contributed by atoms with Gasteiger partial charge in [-0.25, -0.2) is 15.0 Å². The normalized spacial score (nSPS) is 13.2. The first-order valence-corrected chi connectivity index (χ1v) is 10.7. The summed E-state index contributed by atoms with van der Waals surface area (Å²) in [5, 5.41) is 6.15. The van der Waals surface area contributed by atoms with Crippen LogP contribution in [0, 0.1) is 0 Å². The van der Waals surface area contributed by atoms with Crippen LogP contribution < -0.4 is 15.5 Å². The molecule has 1 aliphatic rings. The Kier molecular flexibility index (Phi) is 8.84. The maximum atomic E-state index is 12.6. The fourth-order valence-electron chi connectivity index (χ4n) is 3.33. The van der Waals surface area contributed by atoms with Gasteiger partial charge in [-0.05, 0) is 49.2 Å². The second-order valence-electron chi connectivity index (χ2n) is 7.33. The largest absolute Gasteiger partial charge is 0.388 e. The minimum absolute atomic E-state index is 0.201. The summed E-state index contributed by atoms with van der Waals surface area (Å²) in [6.07, 6.45) is 7.14. The molecule has 2 aromatic heterocycles. The van der Waals surface area contributed by atoms with Crippen LogP contribution in [0.5, 0.6) is 0 Å². The Labute approximate surface area is 194 Å². The topological polar surface area (TPSA) is 105 Å². The van der Waals surface area contributed by atoms with Gasteiger partial charge in [0.2, 0.25) is 0 Å². The molecule has 3 heterocycles. The molecule has 0 aliphatic carbocycles. The van der Waals surface area contributed by atoms with Crippen molar-refractivity contribution in [3.63, 3.8) is 0 Å². The Morgan fingerprint density at radius 1 is 1.03 bits per heavy atom. The van der Waals surface area contributed by atoms with Gasteiger partial charge in [-0.15, -0.1) is 0 Å². The zero-order valence-electron chi connectivity index (χ0n) is 19.2. The number of methoxy groups -OCH3 is 1. The number of carbonyl (C=O) groups is 1. The Hall–Kier alpha value is -3.85. The van der Waals surface area contributed by atoms with Gasteiger partial charge in [0, 0.05) is 58.1 Å². The molecule has 9 heteroatoms. The maximum absolute atomic E-state index is 12.6. The Bertz CT molecular complexity index is 1050. The number of pyridine rings is 1. The number of aromatic nitrogens is 3. The van der Waals surface area contributed by atoms with Crippen LogP contribution in [0.15, 0.2) is 66.2 Å². The molecule has 1 aromatic carbocycles. The monoisotopic (exact) mass is 447 g/mol. The number of nitrogens with zero attached hydrogens (tertiary/aromatic N) is 5. The molecule has 1 fully saturated rings. The number of benzene rings is 1. The number of anilines is 3. The van der Waals surface area contributed by atoms with Gasteiger partial charge >= 0.3 is 0 Å². The van der Waals surface area contributed by atoms with Crippen molar-refractivity contribution in [1.29, 1.82) is 0 Å². The molecular weight excluding hydrogens is 418 g/mol. The van der Waals surface area contributed by atoms with Gasteiger partial charge < -0.3 is 20.3 Å². The average Bonchev–Trinajstić information content (AvgIpc) is 3.39. The van der Waals surface area contributed by atoms with Gasteiger partial charge in [-0.1, -0.05) is 6.07 Å². The summed E-state index contributed by atoms with van der Waals surface area (Å²) in [6, 6.07) is 12.9. The van der Waals surface area contributed by atoms with Crippen molar-refractivity contribution < 1.29 is 9.53 Å². The number of nitrogens with one attached hydrogen (secondary N) is 2. The highest BCUT2D eigenvalue weighted by Crippen LogP contribution is 2.19. The first-order chi connectivity index (χ1) is 16.1. The minimum Gasteiger partial charge on any atom is -0.388 e. The van der Waals surface area contributed by atoms with E-state index in [1.165, 1.54) is 19.2 Å². The molecule has 172 valence electrons. The zero-order valence-corrected chi connectivity index (χ0v) is 19.2. The van der Waals surface area contributed by atoms with Gasteiger partial charge in [-0.3, -0.25) is 9.79 Å². The summed E-state index contributed by atoms with van der Waals surface area (Å²) in [5.74, 6) is 1.33. The number of rotatable bonds is 5. The van der Waals surface area contributed by atoms with Crippen LogP contribution in [0.3, 0.4) is 0 Å². The second-order valence-corrected chi connectivity index (χ2v) is 7.33. The van der Waals surface area contributed by atoms with E-state index in [9.17, 15) is 4.79 Å². The smallest absolute Gasteiger partial charge is 0.257 e. The van der Waals surface area contributed by atoms with Crippen LogP contribution in [0.4, 0.5) is 17.2 Å². The van der Waals surface area contributed by atoms with Gasteiger partial charge in [-0.2, -0.15) is 0 Å². The molecule has 0 saturated carbocycles. The van der Waals surface area contributed by atoms with Crippen molar-refractivity contribution in [2.75, 3.05) is 49.9 Å². The number of hydrogen-bond acceptors (Lipinski definition) is 7. The summed E-state index contributed by atoms with van der Waals surface area (Å²) in [7, 11) is 4.94. The summed E-state index contributed by atoms with van der Waals surface area (Å²) < 4.78 is 4.25. The molecule has 33 heavy (non-hydrogen) atoms. The van der Waals surface area contributed by atoms with Gasteiger partial charge in [0.15, 0.2) is 5.84 Å². The number of amides is 1. The summed E-state index contributed by atoms with van der Waals surface area (Å²) in [5.41, 5.74) is 2.67. The first-order valence-electron chi connectivity index (χ1n) is 10.7. The molecule has 9 nitrogen and oxygen atoms in total. The molecule has 1 saturated heterocycles. The third-order valence-electron chi connectivity index (χ3n) is 4.87. The van der Waals surface area contributed by atoms with Crippen molar-refractivity contribution >= 4 is 28.9 Å². The van der Waals surface area contributed by atoms with Crippen molar-refractivity contribution in [2.24, 2.45) is 4.99 Å². The molecule has 0 bridgehead atoms. The molecule has 0 spiro atoms. The third kappa shape index (κ3) is 6.81. The molecular formula is C24H29N7O2. The molecule has 0 unspecified atom stereocenters. The van der Waals surface area contributed by atoms with E-state index >= 15 is 0 Å². The molecule has 0 atom stereocenters. The fourth-order valence-corrected chi connectivity index (χ4v) is 3.33. The van der Waals surface area contributed by atoms with E-state index in [-0.39, 0.29) is 5.91 Å². The number of ether oxygens (including phenoxy) is 1. The number of aliphatic imine (C=N–C) groups is 1. The molecule has 1 aliphatic heterocycles. The Balaban J connectivity index is 0.000000968. The van der Waals surface area contributed by atoms with Crippen LogP contribution in [0.1, 0.15) is 28.9 Å². The van der Waals surface area contributed by atoms with Crippen molar-refractivity contribution in [1.82, 2.24) is 15.0 Å². The Morgan fingerprint density at radius 3 is 2.36 bits per heavy atom. The molecule has 0 radical (unpaired) electrons. The number of carbonyl (C=O) groups excluding carboxylic acids is 1. The predicted octanol–water partition coefficient (Wildman–Crippen LogP) is 3.48. The van der Waals surface area contributed by atoms with E-state index in [0.29, 0.717) is 22.8 Å². The van der Waals surface area contributed by atoms with Crippen molar-refractivity contribution in [3.8, 4) is 0 Å². The zero-order chi connectivity index (χ0) is 23.5. The number of amidine groups is 1. The fraction of sp³-hybridized carbons (Fsp3) is 0.292. The van der Waals surface area contributed by atoms with Gasteiger partial charge in [0.05, 0.1) is 5.56 Å². The van der Waals surface area contributed by atoms with Crippen LogP contribution in [0.2, 0.25) is 0 Å². The van der Waals surface area contributed by atoms with E-state index in [2.05, 4.69) is 40.2 Å². The van der Waals surface area contributed by atoms with Crippen LogP contribution in [-0.4, -0.2) is 61.1 Å². The lowest BCUT2D eigenvalue weighted by Gasteiger charge is -2.16. The molecule has 4 rings (SSSR count). The lowest BCUT2D eigenvalue weighted by Crippen LogP contribution is -2.19. The van der Waals surface area contributed by atoms with Gasteiger partial charge in [0.1, 0.15) is 17.8 Å². The minimum atomic E-state index is -0.201. The van der Waals surface area contributed by atoms with E-state index < -0.39 is 0 Å². The standard InChI is InChI=1S/C22H23N7O.C2H6O/c1-23-21(19-9-10-24-15-26-19)27-17-5-4-6-18(13-17)28-22(30)16-7-8-20(25-14-16)29-11-2-3-12-29;1-3-2/h4-10,13-15H,2-3,11-12H2,1H3,(H,23,27)(H,28,30);1-2H3. The molecule has 3 aromatic rings. The van der Waals surface area contributed by atoms with Crippen LogP contribution >= 0.6 is 0 Å². The van der Waals surface area contributed by atoms with E-state index in [1.54, 1.807) is 39.7 Å². The quantitative estimate of drug-likeness (QED) is 0.456. The summed E-state index contributed by atoms with van der Waals surface area (Å²) in [6.45, 7) is 2.05. The maximum Gasteiger partial charge on any atom is 0.257 e. The van der Waals surface area contributed by atoms with Gasteiger partial charge in [0.25, 0.3) is 5.91 Å². The molecule has 1 amide bonds. The third-order valence-corrected chi connectivity index (χ3v) is 4.87. The lowest BCUT2D eigenvalue weighted by molar-refractivity contribution is 0.102. The SMILES string of the molecule is CN=C(Nc1cccc(NC(=O)c2ccc(N3CCCC3)nc2)c1)c1ccncn1.COC. The van der Waals surface area contributed by atoms with E-state index in [1.807, 2.05) is 36.4 Å². The highest BCUT2D eigenvalue weighted by molar-refractivity contribution is 6.08. The Morgan fingerprint density at radius 2 is 1.76 bits per heavy atom. The first kappa shape index (κ1) is 23.8. The molecule has 2 N–H and O–H groups in total. The predicted molar refractivity (Wildman–Crippen MR) is 131 cm³/mol. The summed E-state index contributed by atoms with van der Waals surface area (Å²) >= 11 is 0. The van der Waals surface area contributed by atoms with Crippen LogP contribution in [0.25, 0.3) is 0 Å². The van der Waals surface area contributed by atoms with Crippen LogP contribution in [-0.2, 0) is 4.74 Å². The van der Waals surface area contributed by atoms with Crippen molar-refractivity contribution in [2.45, 2.75) is 12.8 Å². The number of hydrogen-bond donors (Lipinski definition) is 2. The van der Waals surface area contributed by atoms with Crippen molar-refractivity contribution in [3.05, 3.63) is 72.4 Å². The highest BCUT2D eigenvalue weighted by Gasteiger charge is 2.14. The average molecular weight is 448 g/mol. The second kappa shape index (κ2) is 12.3. The lowest BCUT2D eigenvalue weighted by atomic mass is 10.2. The highest BCUT2D eigenvalue weighted by atomic mass is 16.4.